The second-order valence-corrected chi connectivity index (χ2v) is 5.74. The largest absolute Gasteiger partial charge is 0.272 e. The minimum absolute atomic E-state index is 0.0947. The van der Waals surface area contributed by atoms with Crippen molar-refractivity contribution in [2.75, 3.05) is 0 Å². The number of benzene rings is 1. The molecule has 1 aromatic rings. The van der Waals surface area contributed by atoms with Gasteiger partial charge >= 0.3 is 0 Å². The van der Waals surface area contributed by atoms with E-state index in [4.69, 9.17) is 11.6 Å². The highest BCUT2D eigenvalue weighted by molar-refractivity contribution is 8.00. The minimum Gasteiger partial charge on any atom is -0.272 e. The van der Waals surface area contributed by atoms with E-state index in [1.54, 1.807) is 0 Å². The molecule has 0 aliphatic rings. The van der Waals surface area contributed by atoms with Crippen LogP contribution in [0.1, 0.15) is 27.2 Å². The summed E-state index contributed by atoms with van der Waals surface area (Å²) in [5.74, 6) is -0.0947. The van der Waals surface area contributed by atoms with Crippen molar-refractivity contribution >= 4 is 35.0 Å². The third-order valence-corrected chi connectivity index (χ3v) is 3.73. The van der Waals surface area contributed by atoms with Gasteiger partial charge in [-0.05, 0) is 44.5 Å². The Morgan fingerprint density at radius 2 is 2.06 bits per heavy atom. The maximum Gasteiger partial charge on any atom is 0.253 e. The van der Waals surface area contributed by atoms with Crippen molar-refractivity contribution in [2.45, 2.75) is 37.3 Å². The lowest BCUT2D eigenvalue weighted by Crippen LogP contribution is -2.27. The number of carbonyl (C=O) groups excluding carboxylic acids is 1. The van der Waals surface area contributed by atoms with Crippen molar-refractivity contribution in [1.29, 1.82) is 0 Å². The number of nitrogens with zero attached hydrogens (tertiary/aromatic N) is 1. The van der Waals surface area contributed by atoms with Gasteiger partial charge < -0.3 is 0 Å². The number of halogens is 1. The Kier molecular flexibility index (Phi) is 6.22. The third-order valence-electron chi connectivity index (χ3n) is 2.36. The standard InChI is InChI=1S/C13H17ClN2OS/c1-4-9(2)15-16-13(17)10(3)18-12-7-5-11(14)6-8-12/h5-8,10H,4H2,1-3H3,(H,16,17)/b15-9-/t10-/m1/s1. The highest BCUT2D eigenvalue weighted by atomic mass is 35.5. The maximum atomic E-state index is 11.8. The quantitative estimate of drug-likeness (QED) is 0.509. The number of carbonyl (C=O) groups is 1. The molecule has 3 nitrogen and oxygen atoms in total. The number of hydrogen-bond donors (Lipinski definition) is 1. The molecule has 0 heterocycles. The molecular weight excluding hydrogens is 268 g/mol. The van der Waals surface area contributed by atoms with E-state index in [1.807, 2.05) is 45.0 Å². The fourth-order valence-corrected chi connectivity index (χ4v) is 2.08. The van der Waals surface area contributed by atoms with Gasteiger partial charge in [-0.25, -0.2) is 5.43 Å². The molecule has 1 N–H and O–H groups in total. The molecule has 1 amide bonds. The van der Waals surface area contributed by atoms with E-state index in [1.165, 1.54) is 11.8 Å². The van der Waals surface area contributed by atoms with Crippen LogP contribution in [0.15, 0.2) is 34.3 Å². The molecule has 5 heteroatoms. The van der Waals surface area contributed by atoms with Gasteiger partial charge in [0.25, 0.3) is 5.91 Å². The number of hydrazone groups is 1. The summed E-state index contributed by atoms with van der Waals surface area (Å²) in [5, 5.41) is 4.50. The first kappa shape index (κ1) is 15.1. The van der Waals surface area contributed by atoms with E-state index in [9.17, 15) is 4.79 Å². The molecule has 98 valence electrons. The van der Waals surface area contributed by atoms with Crippen molar-refractivity contribution in [3.8, 4) is 0 Å². The molecule has 1 aromatic carbocycles. The highest BCUT2D eigenvalue weighted by Crippen LogP contribution is 2.24. The molecule has 0 aromatic heterocycles. The van der Waals surface area contributed by atoms with Gasteiger partial charge in [-0.2, -0.15) is 5.10 Å². The first-order valence-electron chi connectivity index (χ1n) is 5.78. The zero-order chi connectivity index (χ0) is 13.5. The molecule has 0 unspecified atom stereocenters. The van der Waals surface area contributed by atoms with E-state index < -0.39 is 0 Å². The Hall–Kier alpha value is -1.00. The molecule has 0 fully saturated rings. The highest BCUT2D eigenvalue weighted by Gasteiger charge is 2.13. The Morgan fingerprint density at radius 1 is 1.44 bits per heavy atom. The second-order valence-electron chi connectivity index (χ2n) is 3.89. The number of nitrogens with one attached hydrogen (secondary N) is 1. The van der Waals surface area contributed by atoms with Crippen molar-refractivity contribution in [3.05, 3.63) is 29.3 Å². The average molecular weight is 285 g/mol. The average Bonchev–Trinajstić information content (AvgIpc) is 2.38. The van der Waals surface area contributed by atoms with Gasteiger partial charge in [0.15, 0.2) is 0 Å². The van der Waals surface area contributed by atoms with Crippen LogP contribution in [0.4, 0.5) is 0 Å². The van der Waals surface area contributed by atoms with Gasteiger partial charge in [0.05, 0.1) is 5.25 Å². The first-order valence-corrected chi connectivity index (χ1v) is 7.04. The van der Waals surface area contributed by atoms with Crippen LogP contribution in [-0.2, 0) is 4.79 Å². The van der Waals surface area contributed by atoms with E-state index in [-0.39, 0.29) is 11.2 Å². The summed E-state index contributed by atoms with van der Waals surface area (Å²) >= 11 is 7.28. The van der Waals surface area contributed by atoms with E-state index in [0.717, 1.165) is 17.0 Å². The van der Waals surface area contributed by atoms with Crippen LogP contribution in [0.5, 0.6) is 0 Å². The zero-order valence-corrected chi connectivity index (χ0v) is 12.3. The van der Waals surface area contributed by atoms with Crippen LogP contribution in [0.25, 0.3) is 0 Å². The van der Waals surface area contributed by atoms with E-state index in [0.29, 0.717) is 5.02 Å². The lowest BCUT2D eigenvalue weighted by atomic mass is 10.3. The summed E-state index contributed by atoms with van der Waals surface area (Å²) in [6, 6.07) is 7.43. The first-order chi connectivity index (χ1) is 8.52. The van der Waals surface area contributed by atoms with Gasteiger partial charge in [-0.3, -0.25) is 4.79 Å². The van der Waals surface area contributed by atoms with Crippen LogP contribution in [0.3, 0.4) is 0 Å². The fraction of sp³-hybridized carbons (Fsp3) is 0.385. The molecule has 0 saturated heterocycles. The van der Waals surface area contributed by atoms with Crippen LogP contribution in [0.2, 0.25) is 5.02 Å². The predicted octanol–water partition coefficient (Wildman–Crippen LogP) is 3.72. The summed E-state index contributed by atoms with van der Waals surface area (Å²) in [4.78, 5) is 12.8. The van der Waals surface area contributed by atoms with Crippen molar-refractivity contribution in [1.82, 2.24) is 5.43 Å². The van der Waals surface area contributed by atoms with Gasteiger partial charge in [-0.1, -0.05) is 18.5 Å². The van der Waals surface area contributed by atoms with Crippen LogP contribution in [0, 0.1) is 0 Å². The summed E-state index contributed by atoms with van der Waals surface area (Å²) in [6.07, 6.45) is 0.832. The number of amides is 1. The molecule has 0 radical (unpaired) electrons. The Morgan fingerprint density at radius 3 is 2.61 bits per heavy atom. The van der Waals surface area contributed by atoms with Gasteiger partial charge in [0.2, 0.25) is 0 Å². The zero-order valence-electron chi connectivity index (χ0n) is 10.7. The number of hydrogen-bond acceptors (Lipinski definition) is 3. The third kappa shape index (κ3) is 5.10. The monoisotopic (exact) mass is 284 g/mol. The smallest absolute Gasteiger partial charge is 0.253 e. The SMILES string of the molecule is CC/C(C)=N\NC(=O)[C@@H](C)Sc1ccc(Cl)cc1. The summed E-state index contributed by atoms with van der Waals surface area (Å²) in [7, 11) is 0. The van der Waals surface area contributed by atoms with Crippen molar-refractivity contribution in [2.24, 2.45) is 5.10 Å². The fourth-order valence-electron chi connectivity index (χ4n) is 1.09. The Balaban J connectivity index is 2.52. The molecule has 0 aliphatic heterocycles. The van der Waals surface area contributed by atoms with Crippen LogP contribution >= 0.6 is 23.4 Å². The Bertz CT molecular complexity index is 431. The van der Waals surface area contributed by atoms with E-state index in [2.05, 4.69) is 10.5 Å². The topological polar surface area (TPSA) is 41.5 Å². The number of rotatable bonds is 5. The predicted molar refractivity (Wildman–Crippen MR) is 78.3 cm³/mol. The van der Waals surface area contributed by atoms with Gasteiger partial charge in [-0.15, -0.1) is 11.8 Å². The molecular formula is C13H17ClN2OS. The Labute approximate surface area is 117 Å². The summed E-state index contributed by atoms with van der Waals surface area (Å²) < 4.78 is 0. The summed E-state index contributed by atoms with van der Waals surface area (Å²) in [5.41, 5.74) is 3.48. The lowest BCUT2D eigenvalue weighted by Gasteiger charge is -2.09. The van der Waals surface area contributed by atoms with Crippen molar-refractivity contribution in [3.63, 3.8) is 0 Å². The molecule has 0 saturated carbocycles. The molecule has 1 rings (SSSR count). The number of thioether (sulfide) groups is 1. The normalized spacial score (nSPS) is 13.2. The van der Waals surface area contributed by atoms with Crippen LogP contribution in [-0.4, -0.2) is 16.9 Å². The van der Waals surface area contributed by atoms with E-state index >= 15 is 0 Å². The van der Waals surface area contributed by atoms with Gasteiger partial charge in [0.1, 0.15) is 0 Å². The molecule has 0 aliphatic carbocycles. The lowest BCUT2D eigenvalue weighted by molar-refractivity contribution is -0.120. The van der Waals surface area contributed by atoms with Crippen LogP contribution < -0.4 is 5.43 Å². The minimum atomic E-state index is -0.195. The van der Waals surface area contributed by atoms with Gasteiger partial charge in [0, 0.05) is 15.6 Å². The summed E-state index contributed by atoms with van der Waals surface area (Å²) in [6.45, 7) is 5.74. The molecule has 18 heavy (non-hydrogen) atoms. The molecule has 0 spiro atoms. The molecule has 1 atom stereocenters. The second kappa shape index (κ2) is 7.44. The van der Waals surface area contributed by atoms with Crippen molar-refractivity contribution < 1.29 is 4.79 Å². The maximum absolute atomic E-state index is 11.8. The molecule has 0 bridgehead atoms.